The summed E-state index contributed by atoms with van der Waals surface area (Å²) in [4.78, 5) is 5.39. The Hall–Kier alpha value is -0.120. The highest BCUT2D eigenvalue weighted by Gasteiger charge is 2.34. The molecule has 0 spiro atoms. The van der Waals surface area contributed by atoms with Crippen molar-refractivity contribution >= 4 is 0 Å². The fourth-order valence-corrected chi connectivity index (χ4v) is 3.34. The number of hydrogen-bond donors (Lipinski definition) is 0. The van der Waals surface area contributed by atoms with Crippen molar-refractivity contribution < 1.29 is 4.74 Å². The second-order valence-electron chi connectivity index (χ2n) is 5.81. The Labute approximate surface area is 112 Å². The smallest absolute Gasteiger partial charge is 0.0593 e. The lowest BCUT2D eigenvalue weighted by atomic mass is 10.1. The van der Waals surface area contributed by atoms with Crippen LogP contribution in [0.2, 0.25) is 0 Å². The Morgan fingerprint density at radius 3 is 2.83 bits per heavy atom. The van der Waals surface area contributed by atoms with Gasteiger partial charge in [-0.05, 0) is 32.2 Å². The van der Waals surface area contributed by atoms with Crippen molar-refractivity contribution in [3.63, 3.8) is 0 Å². The lowest BCUT2D eigenvalue weighted by molar-refractivity contribution is 0.0224. The molecule has 0 radical (unpaired) electrons. The standard InChI is InChI=1S/C15H30N2O/c1-3-5-10-18-11-9-17-13-15-7-6-8-16(15)12-14(17)4-2/h14-15H,3-13H2,1-2H3. The zero-order chi connectivity index (χ0) is 12.8. The summed E-state index contributed by atoms with van der Waals surface area (Å²) in [5.74, 6) is 0. The van der Waals surface area contributed by atoms with Crippen molar-refractivity contribution in [3.05, 3.63) is 0 Å². The number of unbranched alkanes of at least 4 members (excludes halogenated alkanes) is 1. The van der Waals surface area contributed by atoms with Crippen LogP contribution in [0.1, 0.15) is 46.0 Å². The van der Waals surface area contributed by atoms with Gasteiger partial charge in [0, 0.05) is 38.3 Å². The van der Waals surface area contributed by atoms with Gasteiger partial charge < -0.3 is 4.74 Å². The molecule has 2 fully saturated rings. The van der Waals surface area contributed by atoms with Crippen LogP contribution in [0, 0.1) is 0 Å². The molecule has 2 rings (SSSR count). The van der Waals surface area contributed by atoms with Crippen molar-refractivity contribution in [3.8, 4) is 0 Å². The molecule has 2 unspecified atom stereocenters. The highest BCUT2D eigenvalue weighted by Crippen LogP contribution is 2.25. The Balaban J connectivity index is 1.71. The Kier molecular flexibility index (Phi) is 5.93. The molecule has 106 valence electrons. The molecule has 2 aliphatic heterocycles. The first-order chi connectivity index (χ1) is 8.85. The van der Waals surface area contributed by atoms with Crippen molar-refractivity contribution in [2.75, 3.05) is 39.4 Å². The van der Waals surface area contributed by atoms with Crippen LogP contribution >= 0.6 is 0 Å². The molecule has 0 aromatic carbocycles. The number of nitrogens with zero attached hydrogens (tertiary/aromatic N) is 2. The first-order valence-corrected chi connectivity index (χ1v) is 7.91. The zero-order valence-corrected chi connectivity index (χ0v) is 12.2. The van der Waals surface area contributed by atoms with Gasteiger partial charge in [0.2, 0.25) is 0 Å². The fraction of sp³-hybridized carbons (Fsp3) is 1.00. The maximum absolute atomic E-state index is 5.73. The molecule has 2 saturated heterocycles. The summed E-state index contributed by atoms with van der Waals surface area (Å²) in [6, 6.07) is 1.59. The van der Waals surface area contributed by atoms with Crippen LogP contribution in [0.3, 0.4) is 0 Å². The number of ether oxygens (including phenoxy) is 1. The normalized spacial score (nSPS) is 29.7. The number of rotatable bonds is 7. The van der Waals surface area contributed by atoms with E-state index >= 15 is 0 Å². The van der Waals surface area contributed by atoms with Crippen LogP contribution in [0.15, 0.2) is 0 Å². The SMILES string of the molecule is CCCCOCCN1CC2CCCN2CC1CC. The van der Waals surface area contributed by atoms with Gasteiger partial charge in [-0.25, -0.2) is 0 Å². The first-order valence-electron chi connectivity index (χ1n) is 7.91. The quantitative estimate of drug-likeness (QED) is 0.649. The summed E-state index contributed by atoms with van der Waals surface area (Å²) in [5, 5.41) is 0. The van der Waals surface area contributed by atoms with Crippen molar-refractivity contribution in [2.24, 2.45) is 0 Å². The van der Waals surface area contributed by atoms with E-state index in [2.05, 4.69) is 23.6 Å². The van der Waals surface area contributed by atoms with Gasteiger partial charge in [0.1, 0.15) is 0 Å². The molecule has 3 heteroatoms. The van der Waals surface area contributed by atoms with Gasteiger partial charge in [0.05, 0.1) is 6.61 Å². The minimum atomic E-state index is 0.758. The highest BCUT2D eigenvalue weighted by atomic mass is 16.5. The molecule has 2 heterocycles. The molecular weight excluding hydrogens is 224 g/mol. The second-order valence-corrected chi connectivity index (χ2v) is 5.81. The third-order valence-corrected chi connectivity index (χ3v) is 4.54. The average Bonchev–Trinajstić information content (AvgIpc) is 2.84. The monoisotopic (exact) mass is 254 g/mol. The lowest BCUT2D eigenvalue weighted by Crippen LogP contribution is -2.56. The van der Waals surface area contributed by atoms with E-state index in [1.54, 1.807) is 0 Å². The molecular formula is C15H30N2O. The van der Waals surface area contributed by atoms with E-state index in [9.17, 15) is 0 Å². The molecule has 18 heavy (non-hydrogen) atoms. The van der Waals surface area contributed by atoms with Gasteiger partial charge in [0.25, 0.3) is 0 Å². The molecule has 2 aliphatic rings. The average molecular weight is 254 g/mol. The predicted octanol–water partition coefficient (Wildman–Crippen LogP) is 2.36. The van der Waals surface area contributed by atoms with Crippen LogP contribution in [0.25, 0.3) is 0 Å². The van der Waals surface area contributed by atoms with E-state index in [1.807, 2.05) is 0 Å². The fourth-order valence-electron chi connectivity index (χ4n) is 3.34. The van der Waals surface area contributed by atoms with Crippen molar-refractivity contribution in [1.29, 1.82) is 0 Å². The predicted molar refractivity (Wildman–Crippen MR) is 76.0 cm³/mol. The zero-order valence-electron chi connectivity index (χ0n) is 12.2. The molecule has 0 amide bonds. The summed E-state index contributed by atoms with van der Waals surface area (Å²) >= 11 is 0. The van der Waals surface area contributed by atoms with Gasteiger partial charge in [-0.15, -0.1) is 0 Å². The van der Waals surface area contributed by atoms with E-state index in [0.29, 0.717) is 0 Å². The molecule has 0 bridgehead atoms. The maximum atomic E-state index is 5.73. The summed E-state index contributed by atoms with van der Waals surface area (Å²) in [7, 11) is 0. The Bertz CT molecular complexity index is 235. The van der Waals surface area contributed by atoms with Gasteiger partial charge in [-0.2, -0.15) is 0 Å². The van der Waals surface area contributed by atoms with E-state index in [1.165, 1.54) is 51.7 Å². The lowest BCUT2D eigenvalue weighted by Gasteiger charge is -2.43. The van der Waals surface area contributed by atoms with Crippen molar-refractivity contribution in [1.82, 2.24) is 9.80 Å². The van der Waals surface area contributed by atoms with Gasteiger partial charge in [-0.3, -0.25) is 9.80 Å². The van der Waals surface area contributed by atoms with Crippen LogP contribution < -0.4 is 0 Å². The van der Waals surface area contributed by atoms with Crippen molar-refractivity contribution in [2.45, 2.75) is 58.0 Å². The van der Waals surface area contributed by atoms with Gasteiger partial charge in [0.15, 0.2) is 0 Å². The summed E-state index contributed by atoms with van der Waals surface area (Å²) in [6.07, 6.45) is 6.52. The third kappa shape index (κ3) is 3.69. The summed E-state index contributed by atoms with van der Waals surface area (Å²) < 4.78 is 5.73. The van der Waals surface area contributed by atoms with E-state index < -0.39 is 0 Å². The van der Waals surface area contributed by atoms with Crippen LogP contribution in [-0.4, -0.2) is 61.3 Å². The molecule has 0 saturated carbocycles. The largest absolute Gasteiger partial charge is 0.380 e. The van der Waals surface area contributed by atoms with Crippen LogP contribution in [0.5, 0.6) is 0 Å². The van der Waals surface area contributed by atoms with E-state index in [4.69, 9.17) is 4.74 Å². The molecule has 0 aromatic rings. The Morgan fingerprint density at radius 1 is 1.17 bits per heavy atom. The minimum Gasteiger partial charge on any atom is -0.380 e. The Morgan fingerprint density at radius 2 is 2.06 bits per heavy atom. The molecule has 3 nitrogen and oxygen atoms in total. The molecule has 2 atom stereocenters. The number of hydrogen-bond acceptors (Lipinski definition) is 3. The molecule has 0 N–H and O–H groups in total. The maximum Gasteiger partial charge on any atom is 0.0593 e. The molecule has 0 aromatic heterocycles. The number of piperazine rings is 1. The topological polar surface area (TPSA) is 15.7 Å². The van der Waals surface area contributed by atoms with E-state index in [-0.39, 0.29) is 0 Å². The first kappa shape index (κ1) is 14.3. The second kappa shape index (κ2) is 7.46. The third-order valence-electron chi connectivity index (χ3n) is 4.54. The number of fused-ring (bicyclic) bond motifs is 1. The molecule has 0 aliphatic carbocycles. The van der Waals surface area contributed by atoms with Crippen LogP contribution in [-0.2, 0) is 4.74 Å². The summed E-state index contributed by atoms with van der Waals surface area (Å²) in [6.45, 7) is 11.4. The highest BCUT2D eigenvalue weighted by molar-refractivity contribution is 4.91. The van der Waals surface area contributed by atoms with E-state index in [0.717, 1.165) is 31.8 Å². The summed E-state index contributed by atoms with van der Waals surface area (Å²) in [5.41, 5.74) is 0. The van der Waals surface area contributed by atoms with Gasteiger partial charge >= 0.3 is 0 Å². The van der Waals surface area contributed by atoms with Gasteiger partial charge in [-0.1, -0.05) is 20.3 Å². The van der Waals surface area contributed by atoms with Crippen LogP contribution in [0.4, 0.5) is 0 Å². The minimum absolute atomic E-state index is 0.758.